The molecule has 0 aliphatic rings. The van der Waals surface area contributed by atoms with Crippen LogP contribution in [0.4, 0.5) is 0 Å². The van der Waals surface area contributed by atoms with Crippen LogP contribution in [0.1, 0.15) is 0 Å². The van der Waals surface area contributed by atoms with Crippen LogP contribution in [0.3, 0.4) is 0 Å². The van der Waals surface area contributed by atoms with Crippen molar-refractivity contribution in [2.75, 3.05) is 0 Å². The van der Waals surface area contributed by atoms with Crippen molar-refractivity contribution in [3.63, 3.8) is 0 Å². The molecule has 0 aliphatic heterocycles. The molecule has 0 atom stereocenters. The Morgan fingerprint density at radius 3 is 3.10 bits per heavy atom. The SMILES string of the molecule is [SnH3][c]1ncn2ccccc12. The maximum atomic E-state index is 4.25. The Labute approximate surface area is 72.0 Å². The zero-order valence-electron chi connectivity index (χ0n) is 5.78. The van der Waals surface area contributed by atoms with Crippen molar-refractivity contribution in [3.8, 4) is 0 Å². The van der Waals surface area contributed by atoms with Crippen LogP contribution in [0.15, 0.2) is 30.7 Å². The number of rotatable bonds is 0. The van der Waals surface area contributed by atoms with E-state index < -0.39 is 0 Å². The molecule has 50 valence electrons. The van der Waals surface area contributed by atoms with E-state index in [9.17, 15) is 0 Å². The van der Waals surface area contributed by atoms with E-state index in [1.165, 1.54) is 9.23 Å². The van der Waals surface area contributed by atoms with Crippen LogP contribution in [-0.2, 0) is 0 Å². The number of pyridine rings is 1. The molecule has 0 amide bonds. The molecule has 2 rings (SSSR count). The van der Waals surface area contributed by atoms with E-state index in [4.69, 9.17) is 0 Å². The Morgan fingerprint density at radius 1 is 1.40 bits per heavy atom. The third kappa shape index (κ3) is 0.830. The molecule has 0 aromatic carbocycles. The molecular weight excluding hydrogens is 231 g/mol. The number of hydrogen-bond donors (Lipinski definition) is 0. The molecule has 2 nitrogen and oxygen atoms in total. The Morgan fingerprint density at radius 2 is 2.30 bits per heavy atom. The van der Waals surface area contributed by atoms with Gasteiger partial charge in [0, 0.05) is 0 Å². The molecule has 0 fully saturated rings. The van der Waals surface area contributed by atoms with Crippen LogP contribution >= 0.6 is 0 Å². The number of imidazole rings is 1. The fourth-order valence-corrected chi connectivity index (χ4v) is 2.62. The molecule has 0 bridgehead atoms. The molecule has 10 heavy (non-hydrogen) atoms. The van der Waals surface area contributed by atoms with E-state index in [-0.39, 0.29) is 0 Å². The fraction of sp³-hybridized carbons (Fsp3) is 0. The van der Waals surface area contributed by atoms with Gasteiger partial charge in [0.05, 0.1) is 0 Å². The zero-order valence-corrected chi connectivity index (χ0v) is 11.5. The first-order chi connectivity index (χ1) is 4.88. The minimum absolute atomic E-state index is 0.525. The molecule has 0 N–H and O–H groups in total. The summed E-state index contributed by atoms with van der Waals surface area (Å²) in [5, 5.41) is 0. The van der Waals surface area contributed by atoms with Crippen LogP contribution < -0.4 is 3.71 Å². The summed E-state index contributed by atoms with van der Waals surface area (Å²) in [5.74, 6) is 0. The quantitative estimate of drug-likeness (QED) is 0.557. The predicted octanol–water partition coefficient (Wildman–Crippen LogP) is -0.675. The molecule has 0 saturated carbocycles. The van der Waals surface area contributed by atoms with Crippen LogP contribution in [0, 0.1) is 0 Å². The molecule has 2 aromatic rings. The maximum absolute atomic E-state index is 4.25. The summed E-state index contributed by atoms with van der Waals surface area (Å²) in [6, 6.07) is 6.18. The first kappa shape index (κ1) is 6.22. The Balaban J connectivity index is 2.93. The average Bonchev–Trinajstić information content (AvgIpc) is 2.34. The van der Waals surface area contributed by atoms with Gasteiger partial charge in [0.25, 0.3) is 0 Å². The summed E-state index contributed by atoms with van der Waals surface area (Å²) in [6.45, 7) is 0. The second-order valence-electron chi connectivity index (χ2n) is 2.32. The summed E-state index contributed by atoms with van der Waals surface area (Å²) in [5.41, 5.74) is 1.28. The topological polar surface area (TPSA) is 17.3 Å². The second kappa shape index (κ2) is 2.27. The van der Waals surface area contributed by atoms with E-state index in [0.717, 1.165) is 0 Å². The molecule has 0 spiro atoms. The molecule has 2 heterocycles. The van der Waals surface area contributed by atoms with Crippen molar-refractivity contribution in [2.45, 2.75) is 0 Å². The fourth-order valence-electron chi connectivity index (χ4n) is 1.08. The minimum atomic E-state index is 0.525. The molecular formula is C7H8N2Sn. The molecule has 2 aromatic heterocycles. The van der Waals surface area contributed by atoms with E-state index in [1.54, 1.807) is 0 Å². The zero-order chi connectivity index (χ0) is 6.97. The number of nitrogens with zero attached hydrogens (tertiary/aromatic N) is 2. The number of fused-ring (bicyclic) bond motifs is 1. The molecule has 0 unspecified atom stereocenters. The van der Waals surface area contributed by atoms with E-state index >= 15 is 0 Å². The van der Waals surface area contributed by atoms with Crippen molar-refractivity contribution in [1.82, 2.24) is 9.38 Å². The van der Waals surface area contributed by atoms with Gasteiger partial charge in [-0.3, -0.25) is 0 Å². The van der Waals surface area contributed by atoms with Crippen molar-refractivity contribution < 1.29 is 0 Å². The van der Waals surface area contributed by atoms with Gasteiger partial charge in [-0.15, -0.1) is 0 Å². The van der Waals surface area contributed by atoms with Gasteiger partial charge in [0.1, 0.15) is 0 Å². The van der Waals surface area contributed by atoms with Crippen molar-refractivity contribution >= 4 is 31.8 Å². The normalized spacial score (nSPS) is 10.8. The summed E-state index contributed by atoms with van der Waals surface area (Å²) in [7, 11) is 0. The van der Waals surface area contributed by atoms with Gasteiger partial charge in [0.2, 0.25) is 0 Å². The molecule has 0 aliphatic carbocycles. The van der Waals surface area contributed by atoms with Gasteiger partial charge in [0.15, 0.2) is 0 Å². The standard InChI is InChI=1S/C7H5N2.Sn.3H/c1-2-4-9-6-8-5-7(9)3-1;;;;/h1-4,6H;;;;. The summed E-state index contributed by atoms with van der Waals surface area (Å²) < 4.78 is 3.36. The van der Waals surface area contributed by atoms with Crippen molar-refractivity contribution in [3.05, 3.63) is 30.7 Å². The van der Waals surface area contributed by atoms with Gasteiger partial charge >= 0.3 is 71.9 Å². The Hall–Kier alpha value is -0.511. The van der Waals surface area contributed by atoms with Crippen LogP contribution in [0.2, 0.25) is 0 Å². The summed E-state index contributed by atoms with van der Waals surface area (Å²) >= 11 is 0.525. The van der Waals surface area contributed by atoms with E-state index in [2.05, 4.69) is 21.5 Å². The Kier molecular flexibility index (Phi) is 1.41. The van der Waals surface area contributed by atoms with Crippen molar-refractivity contribution in [1.29, 1.82) is 0 Å². The van der Waals surface area contributed by atoms with E-state index in [0.29, 0.717) is 22.5 Å². The van der Waals surface area contributed by atoms with Gasteiger partial charge in [-0.25, -0.2) is 0 Å². The average molecular weight is 239 g/mol. The van der Waals surface area contributed by atoms with Crippen molar-refractivity contribution in [2.24, 2.45) is 0 Å². The molecule has 0 saturated heterocycles. The first-order valence-electron chi connectivity index (χ1n) is 3.26. The Bertz CT molecular complexity index is 353. The number of hydrogen-bond acceptors (Lipinski definition) is 1. The predicted molar refractivity (Wildman–Crippen MR) is 44.8 cm³/mol. The van der Waals surface area contributed by atoms with Gasteiger partial charge in [-0.05, 0) is 0 Å². The molecule has 3 heteroatoms. The monoisotopic (exact) mass is 240 g/mol. The number of aromatic nitrogens is 2. The summed E-state index contributed by atoms with van der Waals surface area (Å²) in [6.07, 6.45) is 3.91. The van der Waals surface area contributed by atoms with Crippen LogP contribution in [-0.4, -0.2) is 31.9 Å². The summed E-state index contributed by atoms with van der Waals surface area (Å²) in [4.78, 5) is 4.25. The van der Waals surface area contributed by atoms with Crippen LogP contribution in [0.25, 0.3) is 5.52 Å². The van der Waals surface area contributed by atoms with Gasteiger partial charge < -0.3 is 0 Å². The second-order valence-corrected chi connectivity index (χ2v) is 5.03. The third-order valence-electron chi connectivity index (χ3n) is 1.64. The van der Waals surface area contributed by atoms with Gasteiger partial charge in [-0.2, -0.15) is 0 Å². The van der Waals surface area contributed by atoms with Gasteiger partial charge in [-0.1, -0.05) is 0 Å². The van der Waals surface area contributed by atoms with Crippen LogP contribution in [0.5, 0.6) is 0 Å². The third-order valence-corrected chi connectivity index (χ3v) is 3.84. The molecule has 0 radical (unpaired) electrons. The first-order valence-corrected chi connectivity index (χ1v) is 6.11. The van der Waals surface area contributed by atoms with E-state index in [1.807, 2.05) is 18.6 Å².